The quantitative estimate of drug-likeness (QED) is 0.513. The summed E-state index contributed by atoms with van der Waals surface area (Å²) in [4.78, 5) is 22.2. The molecule has 140 valence electrons. The topological polar surface area (TPSA) is 80.9 Å². The van der Waals surface area contributed by atoms with Crippen molar-refractivity contribution in [1.29, 1.82) is 0 Å². The molecule has 0 bridgehead atoms. The molecule has 1 aliphatic heterocycles. The van der Waals surface area contributed by atoms with E-state index in [1.165, 1.54) is 11.8 Å². The van der Waals surface area contributed by atoms with Gasteiger partial charge < -0.3 is 11.1 Å². The highest BCUT2D eigenvalue weighted by molar-refractivity contribution is 9.10. The van der Waals surface area contributed by atoms with E-state index in [9.17, 15) is 4.79 Å². The van der Waals surface area contributed by atoms with Crippen molar-refractivity contribution in [1.82, 2.24) is 9.97 Å². The highest BCUT2D eigenvalue weighted by Crippen LogP contribution is 2.50. The smallest absolute Gasteiger partial charge is 0.191 e. The number of nitrogens with zero attached hydrogens (tertiary/aromatic N) is 2. The number of nitrogens with one attached hydrogen (secondary N) is 1. The average Bonchev–Trinajstić information content (AvgIpc) is 2.59. The number of nitrogens with two attached hydrogens (primary N) is 1. The molecule has 1 unspecified atom stereocenters. The zero-order valence-electron chi connectivity index (χ0n) is 15.5. The molecule has 27 heavy (non-hydrogen) atoms. The maximum absolute atomic E-state index is 13.1. The molecule has 3 N–H and O–H groups in total. The molecule has 0 radical (unpaired) electrons. The third-order valence-electron chi connectivity index (χ3n) is 5.11. The van der Waals surface area contributed by atoms with Crippen LogP contribution in [-0.2, 0) is 4.79 Å². The molecule has 7 heteroatoms. The SMILES string of the molecule is CSc1nc(N)c2c(n1)NC1=C(C(=O)CC(C)(C)C1)C2c1ccc(Br)cc1. The number of halogens is 1. The van der Waals surface area contributed by atoms with Crippen LogP contribution in [0.1, 0.15) is 43.7 Å². The largest absolute Gasteiger partial charge is 0.383 e. The van der Waals surface area contributed by atoms with Gasteiger partial charge in [-0.25, -0.2) is 9.97 Å². The van der Waals surface area contributed by atoms with Crippen LogP contribution in [0.15, 0.2) is 45.2 Å². The first-order valence-electron chi connectivity index (χ1n) is 8.79. The summed E-state index contributed by atoms with van der Waals surface area (Å²) < 4.78 is 0.993. The summed E-state index contributed by atoms with van der Waals surface area (Å²) in [6.07, 6.45) is 3.26. The van der Waals surface area contributed by atoms with Gasteiger partial charge in [-0.05, 0) is 35.8 Å². The number of aromatic nitrogens is 2. The van der Waals surface area contributed by atoms with Gasteiger partial charge in [-0.1, -0.05) is 53.7 Å². The van der Waals surface area contributed by atoms with Crippen LogP contribution >= 0.6 is 27.7 Å². The molecule has 0 fully saturated rings. The van der Waals surface area contributed by atoms with E-state index in [0.717, 1.165) is 33.3 Å². The molecule has 5 nitrogen and oxygen atoms in total. The van der Waals surface area contributed by atoms with Crippen molar-refractivity contribution in [2.45, 2.75) is 37.8 Å². The lowest BCUT2D eigenvalue weighted by Crippen LogP contribution is -2.34. The number of benzene rings is 1. The maximum Gasteiger partial charge on any atom is 0.191 e. The molecule has 2 aromatic rings. The van der Waals surface area contributed by atoms with E-state index >= 15 is 0 Å². The Morgan fingerprint density at radius 3 is 2.59 bits per heavy atom. The zero-order valence-corrected chi connectivity index (χ0v) is 17.9. The summed E-state index contributed by atoms with van der Waals surface area (Å²) in [5.41, 5.74) is 9.85. The Labute approximate surface area is 171 Å². The van der Waals surface area contributed by atoms with Gasteiger partial charge in [0.05, 0.1) is 0 Å². The fourth-order valence-corrected chi connectivity index (χ4v) is 4.63. The molecule has 4 rings (SSSR count). The van der Waals surface area contributed by atoms with Crippen LogP contribution in [0.25, 0.3) is 0 Å². The molecule has 0 amide bonds. The summed E-state index contributed by atoms with van der Waals surface area (Å²) in [6, 6.07) is 8.04. The third kappa shape index (κ3) is 3.27. The summed E-state index contributed by atoms with van der Waals surface area (Å²) in [5, 5.41) is 4.04. The molecule has 0 saturated carbocycles. The fraction of sp³-hybridized carbons (Fsp3) is 0.350. The summed E-state index contributed by atoms with van der Waals surface area (Å²) in [6.45, 7) is 4.25. The fourth-order valence-electron chi connectivity index (χ4n) is 3.99. The third-order valence-corrected chi connectivity index (χ3v) is 6.18. The number of anilines is 2. The second-order valence-electron chi connectivity index (χ2n) is 7.80. The molecule has 1 aromatic carbocycles. The van der Waals surface area contributed by atoms with Gasteiger partial charge in [0.25, 0.3) is 0 Å². The highest BCUT2D eigenvalue weighted by Gasteiger charge is 2.42. The average molecular weight is 445 g/mol. The van der Waals surface area contributed by atoms with Crippen molar-refractivity contribution >= 4 is 45.1 Å². The number of hydrogen-bond donors (Lipinski definition) is 2. The molecular weight excluding hydrogens is 424 g/mol. The van der Waals surface area contributed by atoms with Gasteiger partial charge >= 0.3 is 0 Å². The van der Waals surface area contributed by atoms with Crippen molar-refractivity contribution in [2.75, 3.05) is 17.3 Å². The number of carbonyl (C=O) groups excluding carboxylic acids is 1. The number of rotatable bonds is 2. The normalized spacial score (nSPS) is 20.7. The number of thioether (sulfide) groups is 1. The van der Waals surface area contributed by atoms with Crippen molar-refractivity contribution < 1.29 is 4.79 Å². The first-order valence-corrected chi connectivity index (χ1v) is 10.8. The number of allylic oxidation sites excluding steroid dienone is 2. The van der Waals surface area contributed by atoms with Gasteiger partial charge in [-0.15, -0.1) is 0 Å². The summed E-state index contributed by atoms with van der Waals surface area (Å²) in [7, 11) is 0. The van der Waals surface area contributed by atoms with E-state index in [-0.39, 0.29) is 17.1 Å². The molecule has 0 spiro atoms. The van der Waals surface area contributed by atoms with Gasteiger partial charge in [-0.3, -0.25) is 4.79 Å². The highest BCUT2D eigenvalue weighted by atomic mass is 79.9. The lowest BCUT2D eigenvalue weighted by molar-refractivity contribution is -0.118. The second kappa shape index (κ2) is 6.63. The van der Waals surface area contributed by atoms with Crippen LogP contribution < -0.4 is 11.1 Å². The Morgan fingerprint density at radius 1 is 1.22 bits per heavy atom. The Hall–Kier alpha value is -1.86. The predicted molar refractivity (Wildman–Crippen MR) is 113 cm³/mol. The minimum Gasteiger partial charge on any atom is -0.383 e. The van der Waals surface area contributed by atoms with Crippen LogP contribution in [0.3, 0.4) is 0 Å². The maximum atomic E-state index is 13.1. The second-order valence-corrected chi connectivity index (χ2v) is 9.49. The number of carbonyl (C=O) groups is 1. The molecular formula is C20H21BrN4OS. The van der Waals surface area contributed by atoms with E-state index < -0.39 is 0 Å². The van der Waals surface area contributed by atoms with Crippen LogP contribution in [0, 0.1) is 5.41 Å². The van der Waals surface area contributed by atoms with Crippen molar-refractivity contribution in [3.8, 4) is 0 Å². The lowest BCUT2D eigenvalue weighted by Gasteiger charge is -2.39. The van der Waals surface area contributed by atoms with Crippen LogP contribution in [0.5, 0.6) is 0 Å². The minimum atomic E-state index is -0.246. The van der Waals surface area contributed by atoms with Gasteiger partial charge in [0.2, 0.25) is 0 Å². The number of fused-ring (bicyclic) bond motifs is 1. The molecule has 2 heterocycles. The van der Waals surface area contributed by atoms with Crippen molar-refractivity contribution in [3.63, 3.8) is 0 Å². The van der Waals surface area contributed by atoms with Gasteiger partial charge in [0.15, 0.2) is 10.9 Å². The van der Waals surface area contributed by atoms with Crippen LogP contribution in [0.4, 0.5) is 11.6 Å². The van der Waals surface area contributed by atoms with E-state index in [4.69, 9.17) is 5.73 Å². The Kier molecular flexibility index (Phi) is 4.55. The summed E-state index contributed by atoms with van der Waals surface area (Å²) in [5.74, 6) is 1.06. The standard InChI is InChI=1S/C20H21BrN4OS/c1-20(2)8-12-15(13(26)9-20)14(10-4-6-11(21)7-5-10)16-17(22)24-19(27-3)25-18(16)23-12/h4-7,14H,8-9H2,1-3H3,(H3,22,23,24,25). The molecule has 1 aliphatic carbocycles. The zero-order chi connectivity index (χ0) is 19.3. The van der Waals surface area contributed by atoms with Crippen molar-refractivity contribution in [2.24, 2.45) is 5.41 Å². The van der Waals surface area contributed by atoms with Gasteiger partial charge in [-0.2, -0.15) is 0 Å². The minimum absolute atomic E-state index is 0.0778. The number of nitrogen functional groups attached to an aromatic ring is 1. The van der Waals surface area contributed by atoms with E-state index in [1.807, 2.05) is 30.5 Å². The molecule has 1 atom stereocenters. The first-order chi connectivity index (χ1) is 12.8. The number of hydrogen-bond acceptors (Lipinski definition) is 6. The first kappa shape index (κ1) is 18.5. The van der Waals surface area contributed by atoms with E-state index in [0.29, 0.717) is 23.2 Å². The molecule has 0 saturated heterocycles. The van der Waals surface area contributed by atoms with Crippen LogP contribution in [0.2, 0.25) is 0 Å². The van der Waals surface area contributed by atoms with Crippen molar-refractivity contribution in [3.05, 3.63) is 51.1 Å². The van der Waals surface area contributed by atoms with Gasteiger partial charge in [0.1, 0.15) is 11.6 Å². The van der Waals surface area contributed by atoms with E-state index in [1.54, 1.807) is 0 Å². The Bertz CT molecular complexity index is 969. The Balaban J connectivity index is 1.96. The summed E-state index contributed by atoms with van der Waals surface area (Å²) >= 11 is 4.94. The Morgan fingerprint density at radius 2 is 1.93 bits per heavy atom. The predicted octanol–water partition coefficient (Wildman–Crippen LogP) is 4.74. The van der Waals surface area contributed by atoms with Crippen LogP contribution in [-0.4, -0.2) is 22.0 Å². The molecule has 2 aliphatic rings. The lowest BCUT2D eigenvalue weighted by atomic mass is 9.69. The number of ketones is 1. The number of Topliss-reactive ketones (excluding diaryl/α,β-unsaturated/α-hetero) is 1. The molecule has 1 aromatic heterocycles. The van der Waals surface area contributed by atoms with E-state index in [2.05, 4.69) is 45.1 Å². The van der Waals surface area contributed by atoms with Gasteiger partial charge in [0, 0.05) is 33.6 Å². The monoisotopic (exact) mass is 444 g/mol.